The van der Waals surface area contributed by atoms with Crippen LogP contribution in [0.25, 0.3) is 0 Å². The summed E-state index contributed by atoms with van der Waals surface area (Å²) in [5, 5.41) is 2.70. The Morgan fingerprint density at radius 3 is 2.69 bits per heavy atom. The van der Waals surface area contributed by atoms with Crippen molar-refractivity contribution in [1.82, 2.24) is 5.32 Å². The fourth-order valence-electron chi connectivity index (χ4n) is 1.31. The minimum Gasteiger partial charge on any atom is -0.382 e. The quantitative estimate of drug-likeness (QED) is 0.773. The summed E-state index contributed by atoms with van der Waals surface area (Å²) in [6.45, 7) is 3.69. The summed E-state index contributed by atoms with van der Waals surface area (Å²) in [5.41, 5.74) is 0.790. The number of amides is 1. The summed E-state index contributed by atoms with van der Waals surface area (Å²) in [6.07, 6.45) is 1.19. The van der Waals surface area contributed by atoms with Crippen LogP contribution in [0.2, 0.25) is 0 Å². The molecule has 86 valence electrons. The Bertz CT molecular complexity index is 362. The molecule has 0 aliphatic carbocycles. The van der Waals surface area contributed by atoms with E-state index in [9.17, 15) is 9.18 Å². The van der Waals surface area contributed by atoms with Crippen LogP contribution in [0.15, 0.2) is 36.9 Å². The zero-order chi connectivity index (χ0) is 12.0. The highest BCUT2D eigenvalue weighted by atomic mass is 19.1. The Morgan fingerprint density at radius 1 is 1.56 bits per heavy atom. The Balaban J connectivity index is 2.80. The van der Waals surface area contributed by atoms with E-state index in [1.54, 1.807) is 12.1 Å². The Kier molecular flexibility index (Phi) is 4.66. The minimum absolute atomic E-state index is 0.286. The Hall–Kier alpha value is -1.68. The molecule has 3 nitrogen and oxygen atoms in total. The normalized spacial score (nSPS) is 11.9. The molecule has 0 radical (unpaired) electrons. The summed E-state index contributed by atoms with van der Waals surface area (Å²) in [4.78, 5) is 11.2. The van der Waals surface area contributed by atoms with Gasteiger partial charge in [-0.15, -0.1) is 0 Å². The molecule has 1 aromatic rings. The smallest absolute Gasteiger partial charge is 0.243 e. The molecule has 1 unspecified atom stereocenters. The van der Waals surface area contributed by atoms with Gasteiger partial charge in [0.1, 0.15) is 5.82 Å². The average molecular weight is 223 g/mol. The summed E-state index contributed by atoms with van der Waals surface area (Å²) in [7, 11) is 1.54. The summed E-state index contributed by atoms with van der Waals surface area (Å²) in [5.74, 6) is -0.596. The van der Waals surface area contributed by atoms with Crippen molar-refractivity contribution in [2.75, 3.05) is 13.7 Å². The van der Waals surface area contributed by atoms with Gasteiger partial charge in [0.25, 0.3) is 0 Å². The lowest BCUT2D eigenvalue weighted by molar-refractivity contribution is -0.117. The molecule has 4 heteroatoms. The van der Waals surface area contributed by atoms with Crippen molar-refractivity contribution in [2.45, 2.75) is 6.04 Å². The van der Waals surface area contributed by atoms with E-state index in [1.807, 2.05) is 0 Å². The monoisotopic (exact) mass is 223 g/mol. The Labute approximate surface area is 93.9 Å². The van der Waals surface area contributed by atoms with E-state index >= 15 is 0 Å². The highest BCUT2D eigenvalue weighted by Gasteiger charge is 2.12. The van der Waals surface area contributed by atoms with Crippen LogP contribution in [0.1, 0.15) is 11.6 Å². The largest absolute Gasteiger partial charge is 0.382 e. The van der Waals surface area contributed by atoms with Gasteiger partial charge < -0.3 is 10.1 Å². The number of methoxy groups -OCH3 is 1. The lowest BCUT2D eigenvalue weighted by Gasteiger charge is -2.17. The highest BCUT2D eigenvalue weighted by molar-refractivity contribution is 5.87. The van der Waals surface area contributed by atoms with Crippen molar-refractivity contribution < 1.29 is 13.9 Å². The van der Waals surface area contributed by atoms with Crippen LogP contribution < -0.4 is 5.32 Å². The van der Waals surface area contributed by atoms with E-state index in [4.69, 9.17) is 4.74 Å². The maximum Gasteiger partial charge on any atom is 0.243 e. The number of carbonyl (C=O) groups excluding carboxylic acids is 1. The maximum atomic E-state index is 12.7. The number of halogens is 1. The van der Waals surface area contributed by atoms with Gasteiger partial charge in [-0.05, 0) is 23.8 Å². The fourth-order valence-corrected chi connectivity index (χ4v) is 1.31. The number of benzene rings is 1. The van der Waals surface area contributed by atoms with Gasteiger partial charge >= 0.3 is 0 Å². The number of ether oxygens (including phenoxy) is 1. The topological polar surface area (TPSA) is 38.3 Å². The molecule has 0 aliphatic rings. The number of carbonyl (C=O) groups is 1. The van der Waals surface area contributed by atoms with Crippen LogP contribution in [0.4, 0.5) is 4.39 Å². The molecule has 1 N–H and O–H groups in total. The molecule has 1 amide bonds. The molecule has 0 fully saturated rings. The van der Waals surface area contributed by atoms with Gasteiger partial charge in [0, 0.05) is 7.11 Å². The molecule has 0 saturated carbocycles. The third-order valence-corrected chi connectivity index (χ3v) is 2.11. The summed E-state index contributed by atoms with van der Waals surface area (Å²) in [6, 6.07) is 5.62. The minimum atomic E-state index is -0.310. The van der Waals surface area contributed by atoms with Crippen molar-refractivity contribution in [2.24, 2.45) is 0 Å². The van der Waals surface area contributed by atoms with Gasteiger partial charge in [0.15, 0.2) is 0 Å². The van der Waals surface area contributed by atoms with Crippen molar-refractivity contribution in [1.29, 1.82) is 0 Å². The van der Waals surface area contributed by atoms with Crippen molar-refractivity contribution in [3.05, 3.63) is 48.3 Å². The summed E-state index contributed by atoms with van der Waals surface area (Å²) < 4.78 is 17.7. The second-order valence-electron chi connectivity index (χ2n) is 3.27. The first-order valence-electron chi connectivity index (χ1n) is 4.84. The molecular weight excluding hydrogens is 209 g/mol. The molecule has 1 rings (SSSR count). The molecule has 1 aromatic carbocycles. The molecule has 0 aliphatic heterocycles. The lowest BCUT2D eigenvalue weighted by atomic mass is 10.1. The predicted octanol–water partition coefficient (Wildman–Crippen LogP) is 1.82. The van der Waals surface area contributed by atoms with Crippen molar-refractivity contribution in [3.8, 4) is 0 Å². The molecule has 0 bridgehead atoms. The number of rotatable bonds is 5. The average Bonchev–Trinajstić information content (AvgIpc) is 2.29. The third-order valence-electron chi connectivity index (χ3n) is 2.11. The van der Waals surface area contributed by atoms with Crippen LogP contribution in [0.5, 0.6) is 0 Å². The Morgan fingerprint density at radius 2 is 2.19 bits per heavy atom. The van der Waals surface area contributed by atoms with Crippen LogP contribution >= 0.6 is 0 Å². The van der Waals surface area contributed by atoms with E-state index in [1.165, 1.54) is 25.3 Å². The maximum absolute atomic E-state index is 12.7. The first-order chi connectivity index (χ1) is 7.67. The van der Waals surface area contributed by atoms with Gasteiger partial charge in [0.05, 0.1) is 12.6 Å². The van der Waals surface area contributed by atoms with Crippen LogP contribution in [-0.2, 0) is 9.53 Å². The van der Waals surface area contributed by atoms with Gasteiger partial charge in [-0.25, -0.2) is 4.39 Å². The molecule has 0 spiro atoms. The molecule has 1 atom stereocenters. The zero-order valence-corrected chi connectivity index (χ0v) is 9.07. The van der Waals surface area contributed by atoms with Gasteiger partial charge in [-0.3, -0.25) is 4.79 Å². The second-order valence-corrected chi connectivity index (χ2v) is 3.27. The number of nitrogens with one attached hydrogen (secondary N) is 1. The first-order valence-corrected chi connectivity index (χ1v) is 4.84. The first kappa shape index (κ1) is 12.4. The van der Waals surface area contributed by atoms with E-state index in [0.29, 0.717) is 6.61 Å². The number of hydrogen-bond donors (Lipinski definition) is 1. The van der Waals surface area contributed by atoms with Gasteiger partial charge in [0.2, 0.25) is 5.91 Å². The third kappa shape index (κ3) is 3.47. The number of hydrogen-bond acceptors (Lipinski definition) is 2. The molecule has 0 aromatic heterocycles. The van der Waals surface area contributed by atoms with E-state index in [0.717, 1.165) is 5.56 Å². The van der Waals surface area contributed by atoms with Crippen LogP contribution in [0.3, 0.4) is 0 Å². The second kappa shape index (κ2) is 6.02. The van der Waals surface area contributed by atoms with Crippen molar-refractivity contribution in [3.63, 3.8) is 0 Å². The predicted molar refractivity (Wildman–Crippen MR) is 59.4 cm³/mol. The van der Waals surface area contributed by atoms with Crippen LogP contribution in [0, 0.1) is 5.82 Å². The lowest BCUT2D eigenvalue weighted by Crippen LogP contribution is -2.29. The fraction of sp³-hybridized carbons (Fsp3) is 0.250. The zero-order valence-electron chi connectivity index (χ0n) is 9.07. The molecule has 16 heavy (non-hydrogen) atoms. The van der Waals surface area contributed by atoms with E-state index in [2.05, 4.69) is 11.9 Å². The summed E-state index contributed by atoms with van der Waals surface area (Å²) >= 11 is 0. The van der Waals surface area contributed by atoms with E-state index in [-0.39, 0.29) is 17.8 Å². The SMILES string of the molecule is C=CC(=O)NC(COC)c1ccc(F)cc1. The van der Waals surface area contributed by atoms with Gasteiger partial charge in [-0.2, -0.15) is 0 Å². The van der Waals surface area contributed by atoms with Crippen LogP contribution in [-0.4, -0.2) is 19.6 Å². The standard InChI is InChI=1S/C12H14FNO2/c1-3-12(15)14-11(8-16-2)9-4-6-10(13)7-5-9/h3-7,11H,1,8H2,2H3,(H,14,15). The highest BCUT2D eigenvalue weighted by Crippen LogP contribution is 2.13. The molecular formula is C12H14FNO2. The van der Waals surface area contributed by atoms with Gasteiger partial charge in [-0.1, -0.05) is 18.7 Å². The van der Waals surface area contributed by atoms with E-state index < -0.39 is 0 Å². The molecule has 0 saturated heterocycles. The molecule has 0 heterocycles. The van der Waals surface area contributed by atoms with Crippen molar-refractivity contribution >= 4 is 5.91 Å².